The third kappa shape index (κ3) is 3.94. The van der Waals surface area contributed by atoms with Crippen LogP contribution in [0.25, 0.3) is 5.57 Å². The molecule has 1 saturated heterocycles. The number of piperidine rings is 1. The van der Waals surface area contributed by atoms with Crippen molar-refractivity contribution in [1.29, 1.82) is 0 Å². The topological polar surface area (TPSA) is 59.1 Å². The molecule has 1 amide bonds. The number of carbonyl (C=O) groups is 2. The number of rotatable bonds is 3. The summed E-state index contributed by atoms with van der Waals surface area (Å²) in [6.07, 6.45) is 9.57. The predicted molar refractivity (Wildman–Crippen MR) is 117 cm³/mol. The van der Waals surface area contributed by atoms with Gasteiger partial charge in [0.2, 0.25) is 11.7 Å². The molecule has 6 nitrogen and oxygen atoms in total. The van der Waals surface area contributed by atoms with Crippen LogP contribution in [0.2, 0.25) is 0 Å². The summed E-state index contributed by atoms with van der Waals surface area (Å²) in [6.45, 7) is 2.42. The van der Waals surface area contributed by atoms with Gasteiger partial charge in [0, 0.05) is 64.0 Å². The lowest BCUT2D eigenvalue weighted by Gasteiger charge is -2.49. The van der Waals surface area contributed by atoms with Gasteiger partial charge in [0.05, 0.1) is 6.61 Å². The maximum absolute atomic E-state index is 12.1. The van der Waals surface area contributed by atoms with Gasteiger partial charge >= 0.3 is 0 Å². The number of ether oxygens (including phenoxy) is 2. The molecule has 0 N–H and O–H groups in total. The first-order valence-corrected chi connectivity index (χ1v) is 11.2. The summed E-state index contributed by atoms with van der Waals surface area (Å²) < 4.78 is 12.7. The van der Waals surface area contributed by atoms with E-state index < -0.39 is 5.79 Å². The van der Waals surface area contributed by atoms with Crippen LogP contribution in [0.1, 0.15) is 43.2 Å². The van der Waals surface area contributed by atoms with E-state index in [0.717, 1.165) is 61.2 Å². The summed E-state index contributed by atoms with van der Waals surface area (Å²) in [4.78, 5) is 27.7. The van der Waals surface area contributed by atoms with Crippen molar-refractivity contribution in [3.8, 4) is 5.75 Å². The molecule has 4 aliphatic rings. The molecular weight excluding hydrogens is 392 g/mol. The van der Waals surface area contributed by atoms with Gasteiger partial charge in [-0.3, -0.25) is 14.5 Å². The van der Waals surface area contributed by atoms with Crippen LogP contribution < -0.4 is 4.74 Å². The molecule has 5 rings (SSSR count). The zero-order valence-electron chi connectivity index (χ0n) is 18.3. The first kappa shape index (κ1) is 20.5. The van der Waals surface area contributed by atoms with Crippen LogP contribution >= 0.6 is 0 Å². The second-order valence-electron chi connectivity index (χ2n) is 9.38. The summed E-state index contributed by atoms with van der Waals surface area (Å²) in [5.74, 6) is 0.949. The van der Waals surface area contributed by atoms with Crippen molar-refractivity contribution in [3.63, 3.8) is 0 Å². The Bertz CT molecular complexity index is 950. The van der Waals surface area contributed by atoms with Gasteiger partial charge in [-0.05, 0) is 42.2 Å². The summed E-state index contributed by atoms with van der Waals surface area (Å²) >= 11 is 0. The molecule has 0 radical (unpaired) electrons. The fraction of sp³-hybridized carbons (Fsp3) is 0.520. The number of hydrogen-bond acceptors (Lipinski definition) is 5. The highest BCUT2D eigenvalue weighted by Crippen LogP contribution is 2.41. The van der Waals surface area contributed by atoms with E-state index in [2.05, 4.69) is 17.0 Å². The van der Waals surface area contributed by atoms with E-state index in [1.54, 1.807) is 11.0 Å². The molecule has 2 aliphatic heterocycles. The maximum Gasteiger partial charge on any atom is 0.225 e. The van der Waals surface area contributed by atoms with Crippen LogP contribution in [0.4, 0.5) is 0 Å². The Kier molecular flexibility index (Phi) is 5.22. The van der Waals surface area contributed by atoms with Gasteiger partial charge in [-0.2, -0.15) is 0 Å². The quantitative estimate of drug-likeness (QED) is 0.749. The molecule has 1 aromatic rings. The average Bonchev–Trinajstić information content (AvgIpc) is 2.74. The number of allylic oxidation sites excluding steroid dienone is 4. The minimum Gasteiger partial charge on any atom is -0.462 e. The average molecular weight is 423 g/mol. The van der Waals surface area contributed by atoms with Gasteiger partial charge in [-0.15, -0.1) is 0 Å². The van der Waals surface area contributed by atoms with Crippen LogP contribution in [0.5, 0.6) is 5.75 Å². The molecular formula is C25H30N2O4. The molecule has 31 heavy (non-hydrogen) atoms. The van der Waals surface area contributed by atoms with Gasteiger partial charge < -0.3 is 14.4 Å². The SMILES string of the molecule is CN(C)C(=O)C1CC(N2CCC3(CC2)OCc2cc(C4=CCC(=O)C=C4)ccc2O3)C1. The summed E-state index contributed by atoms with van der Waals surface area (Å²) in [7, 11) is 3.67. The Morgan fingerprint density at radius 2 is 1.94 bits per heavy atom. The zero-order valence-corrected chi connectivity index (χ0v) is 18.3. The molecule has 1 saturated carbocycles. The summed E-state index contributed by atoms with van der Waals surface area (Å²) in [5.41, 5.74) is 3.22. The summed E-state index contributed by atoms with van der Waals surface area (Å²) in [6, 6.07) is 6.72. The van der Waals surface area contributed by atoms with Crippen molar-refractivity contribution in [3.05, 3.63) is 47.6 Å². The van der Waals surface area contributed by atoms with E-state index in [1.165, 1.54) is 0 Å². The van der Waals surface area contributed by atoms with Gasteiger partial charge in [0.1, 0.15) is 5.75 Å². The lowest BCUT2D eigenvalue weighted by atomic mass is 9.77. The largest absolute Gasteiger partial charge is 0.462 e. The van der Waals surface area contributed by atoms with Crippen molar-refractivity contribution in [2.24, 2.45) is 5.92 Å². The van der Waals surface area contributed by atoms with Crippen LogP contribution in [0, 0.1) is 5.92 Å². The van der Waals surface area contributed by atoms with Crippen LogP contribution in [0.15, 0.2) is 36.4 Å². The molecule has 1 spiro atoms. The van der Waals surface area contributed by atoms with E-state index in [4.69, 9.17) is 9.47 Å². The third-order valence-electron chi connectivity index (χ3n) is 7.13. The molecule has 2 aliphatic carbocycles. The predicted octanol–water partition coefficient (Wildman–Crippen LogP) is 3.17. The molecule has 0 bridgehead atoms. The number of amides is 1. The number of nitrogens with zero attached hydrogens (tertiary/aromatic N) is 2. The summed E-state index contributed by atoms with van der Waals surface area (Å²) in [5, 5.41) is 0. The number of fused-ring (bicyclic) bond motifs is 1. The second-order valence-corrected chi connectivity index (χ2v) is 9.38. The van der Waals surface area contributed by atoms with Crippen molar-refractivity contribution < 1.29 is 19.1 Å². The lowest BCUT2D eigenvalue weighted by Crippen LogP contribution is -2.57. The molecule has 164 valence electrons. The van der Waals surface area contributed by atoms with Crippen molar-refractivity contribution >= 4 is 17.3 Å². The Labute approximate surface area is 183 Å². The molecule has 2 fully saturated rings. The molecule has 2 heterocycles. The fourth-order valence-corrected chi connectivity index (χ4v) is 5.08. The van der Waals surface area contributed by atoms with Crippen LogP contribution in [0.3, 0.4) is 0 Å². The molecule has 0 unspecified atom stereocenters. The highest BCUT2D eigenvalue weighted by Gasteiger charge is 2.45. The Balaban J connectivity index is 1.19. The van der Waals surface area contributed by atoms with Crippen LogP contribution in [-0.2, 0) is 20.9 Å². The lowest BCUT2D eigenvalue weighted by molar-refractivity contribution is -0.231. The van der Waals surface area contributed by atoms with Gasteiger partial charge in [-0.1, -0.05) is 18.2 Å². The zero-order chi connectivity index (χ0) is 21.6. The standard InChI is InChI=1S/C25H30N2O4/c1-26(2)24(29)19-14-21(15-19)27-11-9-25(10-12-27)30-16-20-13-18(5-8-23(20)31-25)17-3-6-22(28)7-4-17/h3-6,8,13,19,21H,7,9-12,14-16H2,1-2H3. The maximum atomic E-state index is 12.1. The first-order valence-electron chi connectivity index (χ1n) is 11.2. The van der Waals surface area contributed by atoms with E-state index >= 15 is 0 Å². The Morgan fingerprint density at radius 3 is 2.61 bits per heavy atom. The second kappa shape index (κ2) is 7.92. The monoisotopic (exact) mass is 422 g/mol. The minimum absolute atomic E-state index is 0.142. The number of hydrogen-bond donors (Lipinski definition) is 0. The fourth-order valence-electron chi connectivity index (χ4n) is 5.08. The number of ketones is 1. The first-order chi connectivity index (χ1) is 14.9. The molecule has 6 heteroatoms. The number of benzene rings is 1. The van der Waals surface area contributed by atoms with E-state index in [0.29, 0.717) is 19.1 Å². The van der Waals surface area contributed by atoms with Crippen LogP contribution in [-0.4, -0.2) is 60.5 Å². The van der Waals surface area contributed by atoms with Crippen molar-refractivity contribution in [2.45, 2.75) is 50.5 Å². The smallest absolute Gasteiger partial charge is 0.225 e. The third-order valence-corrected chi connectivity index (χ3v) is 7.13. The normalized spacial score (nSPS) is 27.2. The van der Waals surface area contributed by atoms with E-state index in [-0.39, 0.29) is 17.6 Å². The molecule has 1 aromatic carbocycles. The van der Waals surface area contributed by atoms with Gasteiger partial charge in [0.25, 0.3) is 0 Å². The molecule has 0 atom stereocenters. The number of carbonyl (C=O) groups excluding carboxylic acids is 2. The highest BCUT2D eigenvalue weighted by molar-refractivity contribution is 5.97. The van der Waals surface area contributed by atoms with E-state index in [9.17, 15) is 9.59 Å². The Morgan fingerprint density at radius 1 is 1.16 bits per heavy atom. The van der Waals surface area contributed by atoms with E-state index in [1.807, 2.05) is 32.3 Å². The Hall–Kier alpha value is -2.44. The minimum atomic E-state index is -0.538. The highest BCUT2D eigenvalue weighted by atomic mass is 16.7. The van der Waals surface area contributed by atoms with Crippen molar-refractivity contribution in [2.75, 3.05) is 27.2 Å². The van der Waals surface area contributed by atoms with Gasteiger partial charge in [0.15, 0.2) is 5.78 Å². The number of likely N-dealkylation sites (tertiary alicyclic amines) is 1. The van der Waals surface area contributed by atoms with Gasteiger partial charge in [-0.25, -0.2) is 0 Å². The van der Waals surface area contributed by atoms with Crippen molar-refractivity contribution in [1.82, 2.24) is 9.80 Å². The molecule has 0 aromatic heterocycles.